The van der Waals surface area contributed by atoms with Crippen molar-refractivity contribution in [2.45, 2.75) is 37.8 Å². The Balaban J connectivity index is 1.33. The molecular weight excluding hydrogens is 524 g/mol. The number of sulfonamides is 1. The predicted octanol–water partition coefficient (Wildman–Crippen LogP) is 2.99. The number of morpholine rings is 1. The van der Waals surface area contributed by atoms with Gasteiger partial charge in [-0.1, -0.05) is 0 Å². The first-order chi connectivity index (χ1) is 18.8. The number of aromatic nitrogens is 4. The van der Waals surface area contributed by atoms with Crippen LogP contribution >= 0.6 is 0 Å². The molecule has 2 N–H and O–H groups in total. The average molecular weight is 555 g/mol. The van der Waals surface area contributed by atoms with Gasteiger partial charge in [0, 0.05) is 31.4 Å². The van der Waals surface area contributed by atoms with Gasteiger partial charge in [0.1, 0.15) is 11.9 Å². The molecule has 206 valence electrons. The van der Waals surface area contributed by atoms with Crippen LogP contribution in [0, 0.1) is 6.57 Å². The molecule has 0 spiro atoms. The van der Waals surface area contributed by atoms with E-state index in [2.05, 4.69) is 34.7 Å². The summed E-state index contributed by atoms with van der Waals surface area (Å²) in [6.45, 7) is 9.85. The van der Waals surface area contributed by atoms with E-state index in [1.807, 2.05) is 6.07 Å². The van der Waals surface area contributed by atoms with Crippen molar-refractivity contribution in [1.29, 1.82) is 0 Å². The quantitative estimate of drug-likeness (QED) is 0.396. The van der Waals surface area contributed by atoms with E-state index in [1.165, 1.54) is 19.5 Å². The summed E-state index contributed by atoms with van der Waals surface area (Å²) >= 11 is 0. The molecular formula is C25H30N8O5S. The fourth-order valence-corrected chi connectivity index (χ4v) is 5.26. The molecule has 3 aromatic heterocycles. The second-order valence-electron chi connectivity index (χ2n) is 9.49. The Bertz CT molecular complexity index is 1480. The molecule has 1 saturated carbocycles. The molecule has 0 radical (unpaired) electrons. The summed E-state index contributed by atoms with van der Waals surface area (Å²) in [5.41, 5.74) is 1.29. The van der Waals surface area contributed by atoms with Crippen LogP contribution in [0.5, 0.6) is 11.8 Å². The van der Waals surface area contributed by atoms with Crippen LogP contribution in [0.3, 0.4) is 0 Å². The van der Waals surface area contributed by atoms with Gasteiger partial charge >= 0.3 is 0 Å². The van der Waals surface area contributed by atoms with E-state index in [0.29, 0.717) is 54.7 Å². The zero-order valence-corrected chi connectivity index (χ0v) is 22.6. The molecule has 4 heterocycles. The lowest BCUT2D eigenvalue weighted by molar-refractivity contribution is 0.122. The number of nitrogens with one attached hydrogen (secondary N) is 2. The number of rotatable bonds is 8. The first kappa shape index (κ1) is 26.6. The maximum atomic E-state index is 11.8. The van der Waals surface area contributed by atoms with Crippen LogP contribution in [0.4, 0.5) is 23.1 Å². The second-order valence-corrected chi connectivity index (χ2v) is 11.2. The van der Waals surface area contributed by atoms with Crippen molar-refractivity contribution < 1.29 is 22.6 Å². The second kappa shape index (κ2) is 11.4. The standard InChI is InChI=1S/C25H30N8O5S/c1-26-21-15-28-25(31-24(21)36-2)29-16-4-6-18(7-5-16)38-23-19-12-17(32-39(3,34)35)14-27-20(19)13-22(30-23)33-8-10-37-11-9-33/h12-16,18,32H,4-11H2,2-3H3,(H,28,29,31). The van der Waals surface area contributed by atoms with E-state index in [-0.39, 0.29) is 23.7 Å². The molecule has 0 atom stereocenters. The summed E-state index contributed by atoms with van der Waals surface area (Å²) in [7, 11) is -1.99. The van der Waals surface area contributed by atoms with Crippen molar-refractivity contribution in [2.24, 2.45) is 0 Å². The molecule has 0 amide bonds. The smallest absolute Gasteiger partial charge is 0.264 e. The van der Waals surface area contributed by atoms with Gasteiger partial charge in [0.2, 0.25) is 27.7 Å². The van der Waals surface area contributed by atoms with Gasteiger partial charge in [0.25, 0.3) is 5.69 Å². The topological polar surface area (TPSA) is 145 Å². The van der Waals surface area contributed by atoms with Gasteiger partial charge in [-0.05, 0) is 31.7 Å². The Labute approximate surface area is 226 Å². The number of hydrogen-bond acceptors (Lipinski definition) is 11. The third kappa shape index (κ3) is 6.55. The number of methoxy groups -OCH3 is 1. The summed E-state index contributed by atoms with van der Waals surface area (Å²) in [4.78, 5) is 23.4. The van der Waals surface area contributed by atoms with Crippen LogP contribution in [0.25, 0.3) is 15.7 Å². The van der Waals surface area contributed by atoms with Gasteiger partial charge in [-0.25, -0.2) is 18.2 Å². The van der Waals surface area contributed by atoms with Crippen LogP contribution in [0.15, 0.2) is 24.5 Å². The van der Waals surface area contributed by atoms with Gasteiger partial charge in [-0.2, -0.15) is 9.97 Å². The lowest BCUT2D eigenvalue weighted by atomic mass is 9.93. The van der Waals surface area contributed by atoms with E-state index in [0.717, 1.165) is 37.8 Å². The molecule has 1 aliphatic heterocycles. The Morgan fingerprint density at radius 3 is 2.54 bits per heavy atom. The molecule has 5 rings (SSSR count). The molecule has 14 heteroatoms. The highest BCUT2D eigenvalue weighted by Gasteiger charge is 2.25. The van der Waals surface area contributed by atoms with Crippen molar-refractivity contribution in [3.05, 3.63) is 35.9 Å². The molecule has 3 aromatic rings. The van der Waals surface area contributed by atoms with Gasteiger partial charge < -0.3 is 24.4 Å². The first-order valence-electron chi connectivity index (χ1n) is 12.6. The molecule has 0 aromatic carbocycles. The predicted molar refractivity (Wildman–Crippen MR) is 146 cm³/mol. The van der Waals surface area contributed by atoms with Crippen molar-refractivity contribution in [3.63, 3.8) is 0 Å². The number of ether oxygens (including phenoxy) is 3. The third-order valence-electron chi connectivity index (χ3n) is 6.60. The van der Waals surface area contributed by atoms with Crippen LogP contribution < -0.4 is 24.4 Å². The minimum atomic E-state index is -3.46. The van der Waals surface area contributed by atoms with Crippen LogP contribution in [-0.4, -0.2) is 80.2 Å². The number of hydrogen-bond donors (Lipinski definition) is 2. The SMILES string of the molecule is [C-]#[N+]c1cnc(NC2CCC(Oc3nc(N4CCOCC4)cc4ncc(NS(C)(=O)=O)cc34)CC2)nc1OC. The number of fused-ring (bicyclic) bond motifs is 1. The monoisotopic (exact) mass is 554 g/mol. The van der Waals surface area contributed by atoms with Gasteiger partial charge in [0.15, 0.2) is 0 Å². The number of nitrogens with zero attached hydrogens (tertiary/aromatic N) is 6. The van der Waals surface area contributed by atoms with Crippen LogP contribution in [0.1, 0.15) is 25.7 Å². The van der Waals surface area contributed by atoms with E-state index < -0.39 is 10.0 Å². The van der Waals surface area contributed by atoms with E-state index >= 15 is 0 Å². The zero-order chi connectivity index (χ0) is 27.4. The summed E-state index contributed by atoms with van der Waals surface area (Å²) in [6.07, 6.45) is 7.15. The summed E-state index contributed by atoms with van der Waals surface area (Å²) in [6, 6.07) is 3.75. The lowest BCUT2D eigenvalue weighted by Gasteiger charge is -2.31. The molecule has 2 fully saturated rings. The Morgan fingerprint density at radius 2 is 1.85 bits per heavy atom. The lowest BCUT2D eigenvalue weighted by Crippen LogP contribution is -2.37. The largest absolute Gasteiger partial charge is 0.490 e. The molecule has 1 aliphatic carbocycles. The zero-order valence-electron chi connectivity index (χ0n) is 21.8. The fourth-order valence-electron chi connectivity index (χ4n) is 4.72. The molecule has 0 bridgehead atoms. The van der Waals surface area contributed by atoms with Crippen LogP contribution in [-0.2, 0) is 14.8 Å². The molecule has 1 saturated heterocycles. The minimum absolute atomic E-state index is 0.0786. The van der Waals surface area contributed by atoms with Gasteiger partial charge in [-0.3, -0.25) is 9.71 Å². The highest BCUT2D eigenvalue weighted by Crippen LogP contribution is 2.33. The molecule has 13 nitrogen and oxygen atoms in total. The summed E-state index contributed by atoms with van der Waals surface area (Å²) in [5.74, 6) is 1.85. The highest BCUT2D eigenvalue weighted by molar-refractivity contribution is 7.92. The van der Waals surface area contributed by atoms with Gasteiger partial charge in [-0.15, -0.1) is 0 Å². The Kier molecular flexibility index (Phi) is 7.80. The van der Waals surface area contributed by atoms with Crippen molar-refractivity contribution in [2.75, 3.05) is 54.6 Å². The minimum Gasteiger partial charge on any atom is -0.490 e. The van der Waals surface area contributed by atoms with Gasteiger partial charge in [0.05, 0.1) is 55.9 Å². The number of anilines is 3. The Hall–Kier alpha value is -3.96. The summed E-state index contributed by atoms with van der Waals surface area (Å²) < 4.78 is 43.2. The first-order valence-corrected chi connectivity index (χ1v) is 14.5. The van der Waals surface area contributed by atoms with E-state index in [9.17, 15) is 8.42 Å². The molecule has 2 aliphatic rings. The highest BCUT2D eigenvalue weighted by atomic mass is 32.2. The normalized spacial score (nSPS) is 19.8. The molecule has 0 unspecified atom stereocenters. The number of pyridine rings is 2. The Morgan fingerprint density at radius 1 is 1.08 bits per heavy atom. The third-order valence-corrected chi connectivity index (χ3v) is 7.21. The van der Waals surface area contributed by atoms with Crippen molar-refractivity contribution in [1.82, 2.24) is 19.9 Å². The molecule has 39 heavy (non-hydrogen) atoms. The fraction of sp³-hybridized carbons (Fsp3) is 0.480. The van der Waals surface area contributed by atoms with E-state index in [1.54, 1.807) is 6.07 Å². The van der Waals surface area contributed by atoms with Crippen LogP contribution in [0.2, 0.25) is 0 Å². The maximum Gasteiger partial charge on any atom is 0.264 e. The van der Waals surface area contributed by atoms with Crippen molar-refractivity contribution >= 4 is 44.1 Å². The maximum absolute atomic E-state index is 11.8. The van der Waals surface area contributed by atoms with Crippen molar-refractivity contribution in [3.8, 4) is 11.8 Å². The summed E-state index contributed by atoms with van der Waals surface area (Å²) in [5, 5.41) is 3.97. The van der Waals surface area contributed by atoms with E-state index in [4.69, 9.17) is 25.8 Å². The average Bonchev–Trinajstić information content (AvgIpc) is 2.93.